The van der Waals surface area contributed by atoms with Crippen molar-refractivity contribution >= 4 is 11.6 Å². The van der Waals surface area contributed by atoms with Crippen LogP contribution in [0.5, 0.6) is 0 Å². The van der Waals surface area contributed by atoms with E-state index in [1.165, 1.54) is 18.4 Å². The van der Waals surface area contributed by atoms with Crippen molar-refractivity contribution in [3.63, 3.8) is 0 Å². The molecule has 1 saturated carbocycles. The summed E-state index contributed by atoms with van der Waals surface area (Å²) in [7, 11) is 1.83. The van der Waals surface area contributed by atoms with Gasteiger partial charge in [0.1, 0.15) is 0 Å². The van der Waals surface area contributed by atoms with Gasteiger partial charge in [0.05, 0.1) is 6.42 Å². The standard InChI is InChI=1S/C15H20N2O/c1-9(10-3-4-10)15(16)11-5-6-13-12(7-11)8-14(18)17(13)2/h5-7,9-10,15H,3-4,8,16H2,1-2H3. The van der Waals surface area contributed by atoms with Crippen LogP contribution in [-0.2, 0) is 11.2 Å². The van der Waals surface area contributed by atoms with Crippen LogP contribution >= 0.6 is 0 Å². The number of fused-ring (bicyclic) bond motifs is 1. The highest BCUT2D eigenvalue weighted by Gasteiger charge is 2.33. The van der Waals surface area contributed by atoms with Crippen LogP contribution in [0.15, 0.2) is 18.2 Å². The molecule has 0 bridgehead atoms. The zero-order chi connectivity index (χ0) is 12.9. The van der Waals surface area contributed by atoms with Crippen LogP contribution in [0.4, 0.5) is 5.69 Å². The Kier molecular flexibility index (Phi) is 2.67. The minimum atomic E-state index is 0.101. The summed E-state index contributed by atoms with van der Waals surface area (Å²) in [6.07, 6.45) is 3.16. The molecule has 1 heterocycles. The molecule has 2 aliphatic rings. The summed E-state index contributed by atoms with van der Waals surface area (Å²) < 4.78 is 0. The summed E-state index contributed by atoms with van der Waals surface area (Å²) in [6.45, 7) is 2.24. The van der Waals surface area contributed by atoms with E-state index in [0.29, 0.717) is 12.3 Å². The molecule has 3 heteroatoms. The first-order valence-corrected chi connectivity index (χ1v) is 6.73. The molecule has 0 spiro atoms. The molecular formula is C15H20N2O. The summed E-state index contributed by atoms with van der Waals surface area (Å²) >= 11 is 0. The molecule has 0 aromatic heterocycles. The van der Waals surface area contributed by atoms with Crippen LogP contribution in [0.1, 0.15) is 36.9 Å². The lowest BCUT2D eigenvalue weighted by Gasteiger charge is -2.21. The highest BCUT2D eigenvalue weighted by Crippen LogP contribution is 2.42. The number of likely N-dealkylation sites (N-methyl/N-ethyl adjacent to an activating group) is 1. The molecular weight excluding hydrogens is 224 g/mol. The highest BCUT2D eigenvalue weighted by atomic mass is 16.2. The Bertz CT molecular complexity index is 493. The van der Waals surface area contributed by atoms with E-state index < -0.39 is 0 Å². The molecule has 1 aliphatic carbocycles. The fraction of sp³-hybridized carbons (Fsp3) is 0.533. The molecule has 1 fully saturated rings. The van der Waals surface area contributed by atoms with Crippen molar-refractivity contribution in [1.29, 1.82) is 0 Å². The second kappa shape index (κ2) is 4.09. The van der Waals surface area contributed by atoms with Crippen molar-refractivity contribution in [2.24, 2.45) is 17.6 Å². The third-order valence-corrected chi connectivity index (χ3v) is 4.50. The maximum atomic E-state index is 11.7. The van der Waals surface area contributed by atoms with Gasteiger partial charge in [-0.15, -0.1) is 0 Å². The van der Waals surface area contributed by atoms with Crippen molar-refractivity contribution < 1.29 is 4.79 Å². The Morgan fingerprint density at radius 2 is 2.11 bits per heavy atom. The van der Waals surface area contributed by atoms with Crippen molar-refractivity contribution in [3.8, 4) is 0 Å². The number of hydrogen-bond acceptors (Lipinski definition) is 2. The van der Waals surface area contributed by atoms with E-state index >= 15 is 0 Å². The maximum absolute atomic E-state index is 11.7. The summed E-state index contributed by atoms with van der Waals surface area (Å²) in [6, 6.07) is 6.34. The maximum Gasteiger partial charge on any atom is 0.231 e. The summed E-state index contributed by atoms with van der Waals surface area (Å²) in [4.78, 5) is 13.4. The van der Waals surface area contributed by atoms with Crippen LogP contribution in [-0.4, -0.2) is 13.0 Å². The van der Waals surface area contributed by atoms with Gasteiger partial charge in [-0.1, -0.05) is 19.1 Å². The van der Waals surface area contributed by atoms with Gasteiger partial charge in [0.25, 0.3) is 0 Å². The topological polar surface area (TPSA) is 46.3 Å². The van der Waals surface area contributed by atoms with Gasteiger partial charge in [0.2, 0.25) is 5.91 Å². The molecule has 1 amide bonds. The zero-order valence-electron chi connectivity index (χ0n) is 11.0. The average molecular weight is 244 g/mol. The number of nitrogens with zero attached hydrogens (tertiary/aromatic N) is 1. The lowest BCUT2D eigenvalue weighted by molar-refractivity contribution is -0.117. The molecule has 2 N–H and O–H groups in total. The summed E-state index contributed by atoms with van der Waals surface area (Å²) in [5.74, 6) is 1.52. The Morgan fingerprint density at radius 3 is 2.78 bits per heavy atom. The molecule has 1 aromatic rings. The molecule has 0 saturated heterocycles. The molecule has 0 radical (unpaired) electrons. The van der Waals surface area contributed by atoms with E-state index in [9.17, 15) is 4.79 Å². The van der Waals surface area contributed by atoms with Crippen molar-refractivity contribution in [2.75, 3.05) is 11.9 Å². The third-order valence-electron chi connectivity index (χ3n) is 4.50. The van der Waals surface area contributed by atoms with Gasteiger partial charge >= 0.3 is 0 Å². The number of benzene rings is 1. The normalized spacial score (nSPS) is 21.9. The van der Waals surface area contributed by atoms with Gasteiger partial charge < -0.3 is 10.6 Å². The fourth-order valence-corrected chi connectivity index (χ4v) is 2.92. The summed E-state index contributed by atoms with van der Waals surface area (Å²) in [5, 5.41) is 0. The Morgan fingerprint density at radius 1 is 1.39 bits per heavy atom. The molecule has 1 aliphatic heterocycles. The number of rotatable bonds is 3. The third kappa shape index (κ3) is 1.83. The molecule has 3 nitrogen and oxygen atoms in total. The molecule has 2 unspecified atom stereocenters. The lowest BCUT2D eigenvalue weighted by Crippen LogP contribution is -2.21. The summed E-state index contributed by atoms with van der Waals surface area (Å²) in [5.41, 5.74) is 9.68. The molecule has 3 rings (SSSR count). The zero-order valence-corrected chi connectivity index (χ0v) is 11.0. The number of amides is 1. The van der Waals surface area contributed by atoms with Gasteiger partial charge in [0, 0.05) is 18.8 Å². The fourth-order valence-electron chi connectivity index (χ4n) is 2.92. The van der Waals surface area contributed by atoms with Crippen LogP contribution in [0, 0.1) is 11.8 Å². The van der Waals surface area contributed by atoms with Crippen molar-refractivity contribution in [1.82, 2.24) is 0 Å². The smallest absolute Gasteiger partial charge is 0.231 e. The van der Waals surface area contributed by atoms with Crippen molar-refractivity contribution in [2.45, 2.75) is 32.2 Å². The van der Waals surface area contributed by atoms with Gasteiger partial charge in [-0.2, -0.15) is 0 Å². The number of nitrogens with two attached hydrogens (primary N) is 1. The van der Waals surface area contributed by atoms with Gasteiger partial charge in [-0.3, -0.25) is 4.79 Å². The molecule has 2 atom stereocenters. The first-order valence-electron chi connectivity index (χ1n) is 6.73. The van der Waals surface area contributed by atoms with Crippen LogP contribution in [0.25, 0.3) is 0 Å². The minimum Gasteiger partial charge on any atom is -0.324 e. The van der Waals surface area contributed by atoms with Gasteiger partial charge in [-0.25, -0.2) is 0 Å². The highest BCUT2D eigenvalue weighted by molar-refractivity contribution is 6.00. The van der Waals surface area contributed by atoms with Crippen LogP contribution < -0.4 is 10.6 Å². The first-order chi connectivity index (χ1) is 8.58. The van der Waals surface area contributed by atoms with Gasteiger partial charge in [-0.05, 0) is 41.9 Å². The van der Waals surface area contributed by atoms with E-state index in [1.54, 1.807) is 4.90 Å². The van der Waals surface area contributed by atoms with E-state index in [2.05, 4.69) is 19.1 Å². The number of hydrogen-bond donors (Lipinski definition) is 1. The van der Waals surface area contributed by atoms with Gasteiger partial charge in [0.15, 0.2) is 0 Å². The largest absolute Gasteiger partial charge is 0.324 e. The molecule has 18 heavy (non-hydrogen) atoms. The second-order valence-corrected chi connectivity index (χ2v) is 5.74. The first kappa shape index (κ1) is 11.7. The number of carbonyl (C=O) groups is 1. The second-order valence-electron chi connectivity index (χ2n) is 5.74. The molecule has 1 aromatic carbocycles. The minimum absolute atomic E-state index is 0.101. The Labute approximate surface area is 108 Å². The van der Waals surface area contributed by atoms with E-state index in [-0.39, 0.29) is 11.9 Å². The number of carbonyl (C=O) groups excluding carboxylic acids is 1. The molecule has 96 valence electrons. The quantitative estimate of drug-likeness (QED) is 0.886. The van der Waals surface area contributed by atoms with E-state index in [1.807, 2.05) is 13.1 Å². The number of anilines is 1. The van der Waals surface area contributed by atoms with Crippen LogP contribution in [0.2, 0.25) is 0 Å². The van der Waals surface area contributed by atoms with E-state index in [0.717, 1.165) is 17.2 Å². The average Bonchev–Trinajstić information content (AvgIpc) is 3.16. The van der Waals surface area contributed by atoms with E-state index in [4.69, 9.17) is 5.73 Å². The Balaban J connectivity index is 1.86. The predicted molar refractivity (Wildman–Crippen MR) is 72.4 cm³/mol. The SMILES string of the molecule is CC(C1CC1)C(N)c1ccc2c(c1)CC(=O)N2C. The monoisotopic (exact) mass is 244 g/mol. The van der Waals surface area contributed by atoms with Crippen molar-refractivity contribution in [3.05, 3.63) is 29.3 Å². The van der Waals surface area contributed by atoms with Crippen LogP contribution in [0.3, 0.4) is 0 Å². The predicted octanol–water partition coefficient (Wildman–Crippen LogP) is 2.25. The Hall–Kier alpha value is -1.35. The lowest BCUT2D eigenvalue weighted by atomic mass is 9.90.